The molecule has 3 aromatic rings. The molecule has 1 amide bonds. The molecule has 46 heavy (non-hydrogen) atoms. The SMILES string of the molecule is O=C1C(=Cc2ccc(OCCCCCCCCCCS(=O)(=O)O)c(Cl)c2)N=C2C(Cc3ccccc3)=NC(c3ccccc3)=CN12. The Hall–Kier alpha value is -4.05. The molecule has 0 saturated carbocycles. The van der Waals surface area contributed by atoms with Crippen molar-refractivity contribution < 1.29 is 22.5 Å². The minimum atomic E-state index is -3.85. The highest BCUT2D eigenvalue weighted by Gasteiger charge is 2.35. The van der Waals surface area contributed by atoms with Crippen molar-refractivity contribution >= 4 is 50.9 Å². The van der Waals surface area contributed by atoms with E-state index in [9.17, 15) is 13.2 Å². The van der Waals surface area contributed by atoms with E-state index in [0.29, 0.717) is 47.5 Å². The standard InChI is InChI=1S/C36H38ClN3O5S/c37-30-23-28(19-20-34(30)45-21-13-5-3-1-2-4-6-14-22-46(42,43)44)25-32-36(41)40-26-33(29-17-11-8-12-18-29)38-31(35(40)39-32)24-27-15-9-7-10-16-27/h7-12,15-20,23,25-26H,1-6,13-14,21-22,24H2,(H,42,43,44). The summed E-state index contributed by atoms with van der Waals surface area (Å²) in [5, 5.41) is 0.465. The summed E-state index contributed by atoms with van der Waals surface area (Å²) in [6.45, 7) is 0.551. The topological polar surface area (TPSA) is 109 Å². The van der Waals surface area contributed by atoms with Crippen LogP contribution in [0.2, 0.25) is 5.02 Å². The Balaban J connectivity index is 1.17. The molecule has 3 aromatic carbocycles. The number of amidine groups is 1. The molecule has 0 atom stereocenters. The number of unbranched alkanes of at least 4 members (excludes halogenated alkanes) is 7. The number of aliphatic imine (C=N–C) groups is 2. The number of nitrogens with zero attached hydrogens (tertiary/aromatic N) is 3. The maximum atomic E-state index is 13.6. The highest BCUT2D eigenvalue weighted by atomic mass is 35.5. The number of halogens is 1. The van der Waals surface area contributed by atoms with E-state index in [-0.39, 0.29) is 11.7 Å². The largest absolute Gasteiger partial charge is 0.492 e. The predicted molar refractivity (Wildman–Crippen MR) is 185 cm³/mol. The van der Waals surface area contributed by atoms with Gasteiger partial charge in [0.25, 0.3) is 16.0 Å². The van der Waals surface area contributed by atoms with Gasteiger partial charge in [0.15, 0.2) is 5.84 Å². The van der Waals surface area contributed by atoms with Crippen LogP contribution < -0.4 is 4.74 Å². The fourth-order valence-electron chi connectivity index (χ4n) is 5.37. The second-order valence-electron chi connectivity index (χ2n) is 11.4. The molecule has 0 fully saturated rings. The van der Waals surface area contributed by atoms with E-state index in [1.54, 1.807) is 23.2 Å². The first kappa shape index (κ1) is 33.3. The molecule has 2 heterocycles. The van der Waals surface area contributed by atoms with Gasteiger partial charge in [-0.3, -0.25) is 14.2 Å². The van der Waals surface area contributed by atoms with E-state index in [0.717, 1.165) is 67.3 Å². The number of ether oxygens (including phenoxy) is 1. The van der Waals surface area contributed by atoms with Crippen molar-refractivity contribution in [1.29, 1.82) is 0 Å². The summed E-state index contributed by atoms with van der Waals surface area (Å²) < 4.78 is 36.2. The highest BCUT2D eigenvalue weighted by molar-refractivity contribution is 7.85. The zero-order valence-corrected chi connectivity index (χ0v) is 27.2. The lowest BCUT2D eigenvalue weighted by Gasteiger charge is -2.21. The number of hydrogen-bond donors (Lipinski definition) is 1. The average molecular weight is 660 g/mol. The first-order chi connectivity index (χ1) is 22.3. The van der Waals surface area contributed by atoms with Gasteiger partial charge in [-0.2, -0.15) is 8.42 Å². The van der Waals surface area contributed by atoms with Gasteiger partial charge in [0.05, 0.1) is 28.8 Å². The average Bonchev–Trinajstić information content (AvgIpc) is 3.36. The van der Waals surface area contributed by atoms with E-state index in [1.165, 1.54) is 0 Å². The van der Waals surface area contributed by atoms with E-state index < -0.39 is 10.1 Å². The number of fused-ring (bicyclic) bond motifs is 1. The van der Waals surface area contributed by atoms with Crippen molar-refractivity contribution in [2.45, 2.75) is 57.8 Å². The van der Waals surface area contributed by atoms with Crippen LogP contribution in [0.5, 0.6) is 5.75 Å². The van der Waals surface area contributed by atoms with Crippen LogP contribution in [-0.2, 0) is 21.3 Å². The third-order valence-electron chi connectivity index (χ3n) is 7.75. The summed E-state index contributed by atoms with van der Waals surface area (Å²) in [5.74, 6) is 0.744. The molecule has 2 aliphatic heterocycles. The minimum absolute atomic E-state index is 0.157. The Morgan fingerprint density at radius 2 is 1.48 bits per heavy atom. The summed E-state index contributed by atoms with van der Waals surface area (Å²) in [4.78, 5) is 24.8. The smallest absolute Gasteiger partial charge is 0.282 e. The Morgan fingerprint density at radius 1 is 0.826 bits per heavy atom. The monoisotopic (exact) mass is 659 g/mol. The van der Waals surface area contributed by atoms with Crippen molar-refractivity contribution in [2.75, 3.05) is 12.4 Å². The Kier molecular flexibility index (Phi) is 11.6. The fraction of sp³-hybridized carbons (Fsp3) is 0.306. The maximum Gasteiger partial charge on any atom is 0.282 e. The van der Waals surface area contributed by atoms with E-state index in [1.807, 2.05) is 72.8 Å². The van der Waals surface area contributed by atoms with Crippen molar-refractivity contribution in [2.24, 2.45) is 9.98 Å². The molecule has 2 aliphatic rings. The maximum absolute atomic E-state index is 13.6. The zero-order valence-electron chi connectivity index (χ0n) is 25.6. The molecule has 0 bridgehead atoms. The molecular weight excluding hydrogens is 622 g/mol. The lowest BCUT2D eigenvalue weighted by atomic mass is 10.1. The molecule has 0 unspecified atom stereocenters. The summed E-state index contributed by atoms with van der Waals surface area (Å²) in [7, 11) is -3.85. The van der Waals surface area contributed by atoms with Gasteiger partial charge in [0, 0.05) is 18.2 Å². The molecule has 0 spiro atoms. The van der Waals surface area contributed by atoms with E-state index in [2.05, 4.69) is 0 Å². The normalized spacial score (nSPS) is 15.4. The summed E-state index contributed by atoms with van der Waals surface area (Å²) in [6.07, 6.45) is 11.5. The third kappa shape index (κ3) is 9.48. The molecule has 0 radical (unpaired) electrons. The molecule has 8 nitrogen and oxygen atoms in total. The van der Waals surface area contributed by atoms with Crippen LogP contribution in [0.25, 0.3) is 11.8 Å². The number of hydrogen-bond acceptors (Lipinski definition) is 6. The number of rotatable bonds is 16. The second kappa shape index (κ2) is 16.0. The molecule has 10 heteroatoms. The predicted octanol–water partition coefficient (Wildman–Crippen LogP) is 8.00. The van der Waals surface area contributed by atoms with E-state index >= 15 is 0 Å². The van der Waals surface area contributed by atoms with Crippen molar-refractivity contribution in [3.8, 4) is 5.75 Å². The van der Waals surface area contributed by atoms with Crippen LogP contribution in [-0.4, -0.2) is 47.7 Å². The number of carbonyl (C=O) groups is 1. The van der Waals surface area contributed by atoms with Gasteiger partial charge >= 0.3 is 0 Å². The lowest BCUT2D eigenvalue weighted by molar-refractivity contribution is -0.120. The van der Waals surface area contributed by atoms with Gasteiger partial charge in [-0.25, -0.2) is 9.98 Å². The van der Waals surface area contributed by atoms with Crippen molar-refractivity contribution in [3.63, 3.8) is 0 Å². The van der Waals surface area contributed by atoms with Gasteiger partial charge in [0.1, 0.15) is 11.4 Å². The minimum Gasteiger partial charge on any atom is -0.492 e. The van der Waals surface area contributed by atoms with Gasteiger partial charge in [-0.1, -0.05) is 117 Å². The van der Waals surface area contributed by atoms with Gasteiger partial charge in [-0.15, -0.1) is 0 Å². The molecule has 1 N–H and O–H groups in total. The molecule has 0 aliphatic carbocycles. The van der Waals surface area contributed by atoms with Crippen LogP contribution in [0.4, 0.5) is 0 Å². The van der Waals surface area contributed by atoms with Gasteiger partial charge in [-0.05, 0) is 42.2 Å². The zero-order chi connectivity index (χ0) is 32.4. The molecule has 240 valence electrons. The Bertz CT molecular complexity index is 1750. The second-order valence-corrected chi connectivity index (χ2v) is 13.4. The number of benzene rings is 3. The Morgan fingerprint density at radius 3 is 2.15 bits per heavy atom. The summed E-state index contributed by atoms with van der Waals surface area (Å²) >= 11 is 6.56. The molecule has 0 saturated heterocycles. The van der Waals surface area contributed by atoms with Crippen LogP contribution in [0.3, 0.4) is 0 Å². The molecule has 5 rings (SSSR count). The number of carbonyl (C=O) groups excluding carboxylic acids is 1. The summed E-state index contributed by atoms with van der Waals surface area (Å²) in [5.41, 5.74) is 4.49. The van der Waals surface area contributed by atoms with Gasteiger partial charge in [0.2, 0.25) is 0 Å². The van der Waals surface area contributed by atoms with E-state index in [4.69, 9.17) is 30.9 Å². The van der Waals surface area contributed by atoms with Crippen molar-refractivity contribution in [1.82, 2.24) is 4.90 Å². The quantitative estimate of drug-likeness (QED) is 0.0952. The number of amides is 1. The highest BCUT2D eigenvalue weighted by Crippen LogP contribution is 2.31. The van der Waals surface area contributed by atoms with Crippen LogP contribution in [0, 0.1) is 0 Å². The Labute approximate surface area is 275 Å². The lowest BCUT2D eigenvalue weighted by Crippen LogP contribution is -2.36. The first-order valence-corrected chi connectivity index (χ1v) is 17.7. The third-order valence-corrected chi connectivity index (χ3v) is 8.85. The molecule has 0 aromatic heterocycles. The van der Waals surface area contributed by atoms with Crippen molar-refractivity contribution in [3.05, 3.63) is 112 Å². The van der Waals surface area contributed by atoms with Crippen LogP contribution >= 0.6 is 11.6 Å². The first-order valence-electron chi connectivity index (χ1n) is 15.7. The van der Waals surface area contributed by atoms with Crippen LogP contribution in [0.1, 0.15) is 68.1 Å². The fourth-order valence-corrected chi connectivity index (χ4v) is 6.18. The summed E-state index contributed by atoms with van der Waals surface area (Å²) in [6, 6.07) is 25.3. The van der Waals surface area contributed by atoms with Crippen LogP contribution in [0.15, 0.2) is 101 Å². The molecular formula is C36H38ClN3O5S. The van der Waals surface area contributed by atoms with Gasteiger partial charge < -0.3 is 4.74 Å².